The Kier molecular flexibility index (Phi) is 3.64. The van der Waals surface area contributed by atoms with Crippen LogP contribution >= 0.6 is 11.3 Å². The smallest absolute Gasteiger partial charge is 0.163 e. The second-order valence-electron chi connectivity index (χ2n) is 4.73. The van der Waals surface area contributed by atoms with Gasteiger partial charge in [0.25, 0.3) is 0 Å². The summed E-state index contributed by atoms with van der Waals surface area (Å²) in [6, 6.07) is 4.54. The first-order chi connectivity index (χ1) is 9.79. The summed E-state index contributed by atoms with van der Waals surface area (Å²) in [5.74, 6) is 0.856. The summed E-state index contributed by atoms with van der Waals surface area (Å²) in [6.45, 7) is 2.20. The van der Waals surface area contributed by atoms with Gasteiger partial charge in [0.2, 0.25) is 0 Å². The van der Waals surface area contributed by atoms with Crippen LogP contribution in [0.25, 0.3) is 11.0 Å². The van der Waals surface area contributed by atoms with Gasteiger partial charge in [0.15, 0.2) is 5.65 Å². The molecule has 104 valence electrons. The molecule has 3 heterocycles. The molecule has 0 bridgehead atoms. The van der Waals surface area contributed by atoms with Crippen LogP contribution in [-0.2, 0) is 7.05 Å². The first kappa shape index (κ1) is 13.1. The fourth-order valence-electron chi connectivity index (χ4n) is 2.31. The van der Waals surface area contributed by atoms with E-state index in [1.165, 1.54) is 4.88 Å². The van der Waals surface area contributed by atoms with Crippen molar-refractivity contribution in [2.24, 2.45) is 7.05 Å². The Hall–Kier alpha value is -1.95. The first-order valence-corrected chi connectivity index (χ1v) is 7.60. The topological polar surface area (TPSA) is 55.6 Å². The summed E-state index contributed by atoms with van der Waals surface area (Å²) in [6.07, 6.45) is 5.60. The minimum Gasteiger partial charge on any atom is -0.362 e. The number of fused-ring (bicyclic) bond motifs is 1. The average Bonchev–Trinajstić information content (AvgIpc) is 3.09. The molecule has 0 amide bonds. The lowest BCUT2D eigenvalue weighted by Gasteiger charge is -2.17. The highest BCUT2D eigenvalue weighted by Gasteiger charge is 2.15. The number of hydrogen-bond acceptors (Lipinski definition) is 5. The van der Waals surface area contributed by atoms with Crippen molar-refractivity contribution >= 4 is 28.2 Å². The summed E-state index contributed by atoms with van der Waals surface area (Å²) in [4.78, 5) is 9.99. The maximum absolute atomic E-state index is 4.38. The van der Waals surface area contributed by atoms with Crippen molar-refractivity contribution in [2.75, 3.05) is 5.32 Å². The van der Waals surface area contributed by atoms with Gasteiger partial charge in [-0.2, -0.15) is 5.10 Å². The number of anilines is 1. The van der Waals surface area contributed by atoms with Crippen LogP contribution in [0, 0.1) is 0 Å². The fourth-order valence-corrected chi connectivity index (χ4v) is 3.12. The van der Waals surface area contributed by atoms with Crippen LogP contribution < -0.4 is 5.32 Å². The van der Waals surface area contributed by atoms with Crippen molar-refractivity contribution in [1.29, 1.82) is 0 Å². The van der Waals surface area contributed by atoms with Crippen LogP contribution in [-0.4, -0.2) is 19.7 Å². The summed E-state index contributed by atoms with van der Waals surface area (Å²) in [5, 5.41) is 10.9. The zero-order valence-electron chi connectivity index (χ0n) is 11.6. The lowest BCUT2D eigenvalue weighted by atomic mass is 10.1. The predicted octanol–water partition coefficient (Wildman–Crippen LogP) is 3.38. The molecule has 0 saturated carbocycles. The van der Waals surface area contributed by atoms with E-state index in [0.717, 1.165) is 29.7 Å². The van der Waals surface area contributed by atoms with Crippen molar-refractivity contribution in [3.05, 3.63) is 34.9 Å². The molecule has 3 aromatic heterocycles. The van der Waals surface area contributed by atoms with Crippen molar-refractivity contribution in [2.45, 2.75) is 25.8 Å². The first-order valence-electron chi connectivity index (χ1n) is 6.72. The molecule has 20 heavy (non-hydrogen) atoms. The number of rotatable bonds is 5. The molecule has 6 heteroatoms. The average molecular weight is 287 g/mol. The van der Waals surface area contributed by atoms with Crippen LogP contribution in [0.15, 0.2) is 30.0 Å². The zero-order chi connectivity index (χ0) is 13.9. The van der Waals surface area contributed by atoms with E-state index < -0.39 is 0 Å². The monoisotopic (exact) mass is 287 g/mol. The molecule has 3 rings (SSSR count). The van der Waals surface area contributed by atoms with Crippen LogP contribution in [0.4, 0.5) is 5.82 Å². The number of hydrogen-bond donors (Lipinski definition) is 1. The molecule has 0 spiro atoms. The van der Waals surface area contributed by atoms with Gasteiger partial charge in [0, 0.05) is 11.9 Å². The van der Waals surface area contributed by atoms with Gasteiger partial charge in [0.05, 0.1) is 17.6 Å². The number of aryl methyl sites for hydroxylation is 1. The molecule has 0 radical (unpaired) electrons. The predicted molar refractivity (Wildman–Crippen MR) is 81.9 cm³/mol. The van der Waals surface area contributed by atoms with Crippen molar-refractivity contribution < 1.29 is 0 Å². The van der Waals surface area contributed by atoms with Crippen molar-refractivity contribution in [3.63, 3.8) is 0 Å². The maximum Gasteiger partial charge on any atom is 0.163 e. The van der Waals surface area contributed by atoms with Gasteiger partial charge < -0.3 is 5.32 Å². The second-order valence-corrected chi connectivity index (χ2v) is 5.71. The number of nitrogens with zero attached hydrogens (tertiary/aromatic N) is 4. The van der Waals surface area contributed by atoms with Gasteiger partial charge in [0.1, 0.15) is 12.1 Å². The minimum absolute atomic E-state index is 0.290. The molecule has 0 aliphatic carbocycles. The Morgan fingerprint density at radius 2 is 2.30 bits per heavy atom. The van der Waals surface area contributed by atoms with E-state index in [9.17, 15) is 0 Å². The molecule has 1 atom stereocenters. The van der Waals surface area contributed by atoms with Gasteiger partial charge >= 0.3 is 0 Å². The second kappa shape index (κ2) is 5.58. The van der Waals surface area contributed by atoms with E-state index in [2.05, 4.69) is 44.8 Å². The van der Waals surface area contributed by atoms with Gasteiger partial charge in [-0.15, -0.1) is 11.3 Å². The van der Waals surface area contributed by atoms with Crippen molar-refractivity contribution in [1.82, 2.24) is 19.7 Å². The quantitative estimate of drug-likeness (QED) is 0.781. The molecule has 0 saturated heterocycles. The standard InChI is InChI=1S/C14H17N5S/c1-3-5-11(12-6-4-7-20-12)18-13-10-8-17-19(2)14(10)16-9-15-13/h4,6-9,11H,3,5H2,1-2H3,(H,15,16,18). The molecule has 1 unspecified atom stereocenters. The van der Waals surface area contributed by atoms with Crippen LogP contribution in [0.1, 0.15) is 30.7 Å². The Morgan fingerprint density at radius 1 is 1.40 bits per heavy atom. The van der Waals surface area contributed by atoms with E-state index >= 15 is 0 Å². The lowest BCUT2D eigenvalue weighted by Crippen LogP contribution is -2.10. The van der Waals surface area contributed by atoms with Gasteiger partial charge in [-0.1, -0.05) is 19.4 Å². The van der Waals surface area contributed by atoms with Gasteiger partial charge in [-0.3, -0.25) is 4.68 Å². The van der Waals surface area contributed by atoms with E-state index in [4.69, 9.17) is 0 Å². The third kappa shape index (κ3) is 2.38. The molecule has 0 fully saturated rings. The third-order valence-electron chi connectivity index (χ3n) is 3.30. The van der Waals surface area contributed by atoms with E-state index in [1.54, 1.807) is 22.3 Å². The Morgan fingerprint density at radius 3 is 3.05 bits per heavy atom. The van der Waals surface area contributed by atoms with E-state index in [-0.39, 0.29) is 0 Å². The zero-order valence-corrected chi connectivity index (χ0v) is 12.4. The summed E-state index contributed by atoms with van der Waals surface area (Å²) in [7, 11) is 1.89. The summed E-state index contributed by atoms with van der Waals surface area (Å²) in [5.41, 5.74) is 0.851. The minimum atomic E-state index is 0.290. The molecule has 3 aromatic rings. The van der Waals surface area contributed by atoms with Gasteiger partial charge in [-0.05, 0) is 17.9 Å². The number of thiophene rings is 1. The molecule has 5 nitrogen and oxygen atoms in total. The van der Waals surface area contributed by atoms with Crippen molar-refractivity contribution in [3.8, 4) is 0 Å². The Labute approximate surface area is 121 Å². The van der Waals surface area contributed by atoms with Crippen LogP contribution in [0.2, 0.25) is 0 Å². The van der Waals surface area contributed by atoms with Gasteiger partial charge in [-0.25, -0.2) is 9.97 Å². The number of aromatic nitrogens is 4. The Balaban J connectivity index is 1.94. The molecule has 0 aromatic carbocycles. The SMILES string of the molecule is CCCC(Nc1ncnc2c1cnn2C)c1cccs1. The Bertz CT molecular complexity index is 689. The van der Waals surface area contributed by atoms with E-state index in [1.807, 2.05) is 13.2 Å². The third-order valence-corrected chi connectivity index (χ3v) is 4.29. The lowest BCUT2D eigenvalue weighted by molar-refractivity contribution is 0.685. The fraction of sp³-hybridized carbons (Fsp3) is 0.357. The normalized spacial score (nSPS) is 12.7. The van der Waals surface area contributed by atoms with Crippen LogP contribution in [0.5, 0.6) is 0 Å². The molecule has 0 aliphatic rings. The highest BCUT2D eigenvalue weighted by molar-refractivity contribution is 7.10. The van der Waals surface area contributed by atoms with E-state index in [0.29, 0.717) is 6.04 Å². The highest BCUT2D eigenvalue weighted by Crippen LogP contribution is 2.29. The molecule has 0 aliphatic heterocycles. The molecular formula is C14H17N5S. The van der Waals surface area contributed by atoms with Crippen LogP contribution in [0.3, 0.4) is 0 Å². The maximum atomic E-state index is 4.38. The highest BCUT2D eigenvalue weighted by atomic mass is 32.1. The summed E-state index contributed by atoms with van der Waals surface area (Å²) < 4.78 is 1.77. The number of nitrogens with one attached hydrogen (secondary N) is 1. The molecule has 1 N–H and O–H groups in total. The summed E-state index contributed by atoms with van der Waals surface area (Å²) >= 11 is 1.77. The largest absolute Gasteiger partial charge is 0.362 e. The molecular weight excluding hydrogens is 270 g/mol.